The van der Waals surface area contributed by atoms with Crippen molar-refractivity contribution in [3.8, 4) is 5.75 Å². The molecule has 230 valence electrons. The first-order valence-electron chi connectivity index (χ1n) is 14.3. The molecule has 1 fully saturated rings. The number of nitrogens with zero attached hydrogens (tertiary/aromatic N) is 2. The van der Waals surface area contributed by atoms with Gasteiger partial charge >= 0.3 is 0 Å². The zero-order valence-electron chi connectivity index (χ0n) is 24.6. The first-order chi connectivity index (χ1) is 20.5. The third-order valence-electron chi connectivity index (χ3n) is 7.65. The van der Waals surface area contributed by atoms with Crippen LogP contribution in [0, 0.1) is 12.7 Å². The molecule has 0 aromatic heterocycles. The number of aryl methyl sites for hydroxylation is 1. The summed E-state index contributed by atoms with van der Waals surface area (Å²) in [6.07, 6.45) is 4.06. The summed E-state index contributed by atoms with van der Waals surface area (Å²) in [5, 5.41) is 3.32. The van der Waals surface area contributed by atoms with E-state index in [4.69, 9.17) is 16.3 Å². The summed E-state index contributed by atoms with van der Waals surface area (Å²) in [5.74, 6) is -1.16. The van der Waals surface area contributed by atoms with E-state index in [1.165, 1.54) is 60.5 Å². The maximum Gasteiger partial charge on any atom is 0.264 e. The average Bonchev–Trinajstić information content (AvgIpc) is 3.50. The molecule has 1 saturated carbocycles. The predicted octanol–water partition coefficient (Wildman–Crippen LogP) is 5.86. The Kier molecular flexibility index (Phi) is 10.7. The van der Waals surface area contributed by atoms with Crippen molar-refractivity contribution in [2.45, 2.75) is 69.5 Å². The summed E-state index contributed by atoms with van der Waals surface area (Å²) in [5.41, 5.74) is 1.54. The van der Waals surface area contributed by atoms with E-state index in [1.54, 1.807) is 25.1 Å². The number of sulfonamides is 1. The fourth-order valence-electron chi connectivity index (χ4n) is 5.28. The lowest BCUT2D eigenvalue weighted by molar-refractivity contribution is -0.140. The quantitative estimate of drug-likeness (QED) is 0.271. The molecular formula is C32H37ClFN3O5S. The lowest BCUT2D eigenvalue weighted by Crippen LogP contribution is -2.53. The molecule has 0 unspecified atom stereocenters. The largest absolute Gasteiger partial charge is 0.495 e. The van der Waals surface area contributed by atoms with Crippen LogP contribution >= 0.6 is 11.6 Å². The van der Waals surface area contributed by atoms with E-state index in [0.29, 0.717) is 5.56 Å². The van der Waals surface area contributed by atoms with Crippen molar-refractivity contribution in [1.29, 1.82) is 0 Å². The summed E-state index contributed by atoms with van der Waals surface area (Å²) in [6, 6.07) is 15.6. The van der Waals surface area contributed by atoms with Gasteiger partial charge in [0.1, 0.15) is 24.2 Å². The van der Waals surface area contributed by atoms with E-state index in [-0.39, 0.29) is 46.3 Å². The fourth-order valence-corrected chi connectivity index (χ4v) is 6.87. The van der Waals surface area contributed by atoms with Crippen molar-refractivity contribution < 1.29 is 27.1 Å². The number of amides is 2. The molecule has 3 aromatic rings. The number of hydrogen-bond donors (Lipinski definition) is 1. The number of halogens is 2. The third kappa shape index (κ3) is 7.86. The predicted molar refractivity (Wildman–Crippen MR) is 165 cm³/mol. The molecule has 0 spiro atoms. The number of carbonyl (C=O) groups excluding carboxylic acids is 2. The van der Waals surface area contributed by atoms with Crippen LogP contribution in [0.5, 0.6) is 5.75 Å². The number of benzene rings is 3. The third-order valence-corrected chi connectivity index (χ3v) is 9.66. The molecular weight excluding hydrogens is 593 g/mol. The molecule has 1 atom stereocenters. The molecule has 3 aromatic carbocycles. The van der Waals surface area contributed by atoms with E-state index in [9.17, 15) is 22.4 Å². The highest BCUT2D eigenvalue weighted by Crippen LogP contribution is 2.35. The van der Waals surface area contributed by atoms with Gasteiger partial charge in [0, 0.05) is 17.6 Å². The molecule has 1 N–H and O–H groups in total. The highest BCUT2D eigenvalue weighted by atomic mass is 35.5. The summed E-state index contributed by atoms with van der Waals surface area (Å²) in [7, 11) is -2.91. The number of methoxy groups -OCH3 is 1. The van der Waals surface area contributed by atoms with Crippen molar-refractivity contribution in [2.24, 2.45) is 0 Å². The monoisotopic (exact) mass is 629 g/mol. The number of rotatable bonds is 12. The smallest absolute Gasteiger partial charge is 0.264 e. The number of ether oxygens (including phenoxy) is 1. The summed E-state index contributed by atoms with van der Waals surface area (Å²) >= 11 is 6.29. The molecule has 0 saturated heterocycles. The topological polar surface area (TPSA) is 96.0 Å². The van der Waals surface area contributed by atoms with E-state index in [2.05, 4.69) is 5.32 Å². The van der Waals surface area contributed by atoms with Gasteiger partial charge in [0.05, 0.1) is 17.7 Å². The van der Waals surface area contributed by atoms with Crippen LogP contribution < -0.4 is 14.4 Å². The maximum absolute atomic E-state index is 14.2. The van der Waals surface area contributed by atoms with Crippen molar-refractivity contribution in [2.75, 3.05) is 18.0 Å². The molecule has 2 amide bonds. The van der Waals surface area contributed by atoms with Crippen LogP contribution in [0.2, 0.25) is 5.02 Å². The Morgan fingerprint density at radius 3 is 2.30 bits per heavy atom. The summed E-state index contributed by atoms with van der Waals surface area (Å²) in [4.78, 5) is 29.1. The van der Waals surface area contributed by atoms with Crippen LogP contribution in [0.25, 0.3) is 0 Å². The molecule has 4 rings (SSSR count). The zero-order valence-corrected chi connectivity index (χ0v) is 26.1. The van der Waals surface area contributed by atoms with Gasteiger partial charge in [-0.05, 0) is 74.2 Å². The molecule has 0 radical (unpaired) electrons. The van der Waals surface area contributed by atoms with Gasteiger partial charge in [0.15, 0.2) is 0 Å². The Hall–Kier alpha value is -3.63. The Bertz CT molecular complexity index is 1530. The van der Waals surface area contributed by atoms with Gasteiger partial charge in [-0.3, -0.25) is 13.9 Å². The second-order valence-corrected chi connectivity index (χ2v) is 13.0. The van der Waals surface area contributed by atoms with Gasteiger partial charge in [0.25, 0.3) is 10.0 Å². The van der Waals surface area contributed by atoms with Crippen LogP contribution in [0.4, 0.5) is 10.1 Å². The molecule has 0 aliphatic heterocycles. The number of hydrogen-bond acceptors (Lipinski definition) is 5. The minimum Gasteiger partial charge on any atom is -0.495 e. The standard InChI is InChI=1S/C32H37ClFN3O5S/c1-4-28(32(39)35-26-7-5-6-8-26)36(20-23-11-14-25(34)15-12-23)31(38)21-37(29-19-24(33)13-18-30(29)42-3)43(40,41)27-16-9-22(2)10-17-27/h9-19,26,28H,4-8,20-21H2,1-3H3,(H,35,39)/t28-/m1/s1. The van der Waals surface area contributed by atoms with Gasteiger partial charge in [-0.15, -0.1) is 0 Å². The Morgan fingerprint density at radius 2 is 1.70 bits per heavy atom. The Morgan fingerprint density at radius 1 is 1.05 bits per heavy atom. The number of anilines is 1. The van der Waals surface area contributed by atoms with Crippen LogP contribution in [0.1, 0.15) is 50.2 Å². The van der Waals surface area contributed by atoms with Gasteiger partial charge in [-0.25, -0.2) is 12.8 Å². The normalized spacial score (nSPS) is 14.3. The molecule has 43 heavy (non-hydrogen) atoms. The van der Waals surface area contributed by atoms with Crippen LogP contribution in [-0.4, -0.2) is 50.9 Å². The van der Waals surface area contributed by atoms with E-state index < -0.39 is 34.3 Å². The lowest BCUT2D eigenvalue weighted by atomic mass is 10.1. The molecule has 11 heteroatoms. The van der Waals surface area contributed by atoms with Crippen molar-refractivity contribution in [3.63, 3.8) is 0 Å². The average molecular weight is 630 g/mol. The second kappa shape index (κ2) is 14.2. The highest BCUT2D eigenvalue weighted by Gasteiger charge is 2.35. The van der Waals surface area contributed by atoms with Gasteiger partial charge in [-0.2, -0.15) is 0 Å². The Balaban J connectivity index is 1.76. The van der Waals surface area contributed by atoms with Crippen LogP contribution in [0.15, 0.2) is 71.6 Å². The molecule has 0 bridgehead atoms. The molecule has 0 heterocycles. The summed E-state index contributed by atoms with van der Waals surface area (Å²) < 4.78 is 48.4. The van der Waals surface area contributed by atoms with E-state index in [0.717, 1.165) is 35.6 Å². The lowest BCUT2D eigenvalue weighted by Gasteiger charge is -2.34. The number of nitrogens with one attached hydrogen (secondary N) is 1. The van der Waals surface area contributed by atoms with Crippen molar-refractivity contribution >= 4 is 39.1 Å². The summed E-state index contributed by atoms with van der Waals surface area (Å²) in [6.45, 7) is 2.97. The minimum absolute atomic E-state index is 0.0240. The van der Waals surface area contributed by atoms with Crippen molar-refractivity contribution in [1.82, 2.24) is 10.2 Å². The van der Waals surface area contributed by atoms with E-state index >= 15 is 0 Å². The SMILES string of the molecule is CC[C@H](C(=O)NC1CCCC1)N(Cc1ccc(F)cc1)C(=O)CN(c1cc(Cl)ccc1OC)S(=O)(=O)c1ccc(C)cc1. The molecule has 8 nitrogen and oxygen atoms in total. The first kappa shape index (κ1) is 32.3. The maximum atomic E-state index is 14.2. The van der Waals surface area contributed by atoms with Crippen molar-refractivity contribution in [3.05, 3.63) is 88.7 Å². The van der Waals surface area contributed by atoms with Gasteiger partial charge in [0.2, 0.25) is 11.8 Å². The van der Waals surface area contributed by atoms with Gasteiger partial charge < -0.3 is 15.0 Å². The Labute approximate surface area is 257 Å². The zero-order chi connectivity index (χ0) is 31.1. The molecule has 1 aliphatic rings. The molecule has 1 aliphatic carbocycles. The minimum atomic E-state index is -4.30. The highest BCUT2D eigenvalue weighted by molar-refractivity contribution is 7.92. The van der Waals surface area contributed by atoms with Gasteiger partial charge in [-0.1, -0.05) is 61.2 Å². The fraction of sp³-hybridized carbons (Fsp3) is 0.375. The van der Waals surface area contributed by atoms with Crippen LogP contribution in [-0.2, 0) is 26.2 Å². The van der Waals surface area contributed by atoms with E-state index in [1.807, 2.05) is 6.92 Å². The first-order valence-corrected chi connectivity index (χ1v) is 16.1. The van der Waals surface area contributed by atoms with Crippen LogP contribution in [0.3, 0.4) is 0 Å². The number of carbonyl (C=O) groups is 2. The second-order valence-electron chi connectivity index (χ2n) is 10.7.